The number of ether oxygens (including phenoxy) is 1. The van der Waals surface area contributed by atoms with E-state index in [0.29, 0.717) is 0 Å². The summed E-state index contributed by atoms with van der Waals surface area (Å²) in [6.07, 6.45) is -9.61. The van der Waals surface area contributed by atoms with E-state index in [9.17, 15) is 26.7 Å². The minimum Gasteiger partial charge on any atom is -0.481 e. The molecule has 1 aromatic heterocycles. The Labute approximate surface area is 103 Å². The highest BCUT2D eigenvalue weighted by molar-refractivity contribution is 5.71. The Morgan fingerprint density at radius 2 is 2.05 bits per heavy atom. The van der Waals surface area contributed by atoms with Crippen molar-refractivity contribution in [2.24, 2.45) is 0 Å². The van der Waals surface area contributed by atoms with Gasteiger partial charge in [0.25, 0.3) is 6.43 Å². The van der Waals surface area contributed by atoms with Crippen LogP contribution in [0.4, 0.5) is 22.0 Å². The number of rotatable bonds is 4. The van der Waals surface area contributed by atoms with Crippen LogP contribution in [0.5, 0.6) is 5.88 Å². The maximum Gasteiger partial charge on any atom is 0.433 e. The van der Waals surface area contributed by atoms with Crippen molar-refractivity contribution in [2.45, 2.75) is 19.0 Å². The van der Waals surface area contributed by atoms with Gasteiger partial charge in [-0.15, -0.1) is 0 Å². The lowest BCUT2D eigenvalue weighted by molar-refractivity contribution is -0.144. The lowest BCUT2D eigenvalue weighted by atomic mass is 10.0. The number of alkyl halides is 5. The molecule has 0 fully saturated rings. The number of hydrogen-bond acceptors (Lipinski definition) is 3. The zero-order valence-corrected chi connectivity index (χ0v) is 9.46. The molecular weight excluding hydrogens is 277 g/mol. The SMILES string of the molecule is COc1cc(CC(=O)O)c(C(F)F)c(C(F)(F)F)n1. The second kappa shape index (κ2) is 5.37. The van der Waals surface area contributed by atoms with Gasteiger partial charge in [-0.3, -0.25) is 4.79 Å². The molecule has 1 aromatic rings. The van der Waals surface area contributed by atoms with Crippen molar-refractivity contribution in [1.29, 1.82) is 0 Å². The number of aliphatic carboxylic acids is 1. The van der Waals surface area contributed by atoms with Crippen LogP contribution >= 0.6 is 0 Å². The van der Waals surface area contributed by atoms with Crippen LogP contribution in [0.2, 0.25) is 0 Å². The number of carboxylic acid groups (broad SMARTS) is 1. The van der Waals surface area contributed by atoms with Gasteiger partial charge in [-0.2, -0.15) is 13.2 Å². The summed E-state index contributed by atoms with van der Waals surface area (Å²) in [7, 11) is 0.995. The molecule has 0 spiro atoms. The molecule has 0 saturated heterocycles. The molecule has 19 heavy (non-hydrogen) atoms. The van der Waals surface area contributed by atoms with Crippen LogP contribution in [0.15, 0.2) is 6.07 Å². The van der Waals surface area contributed by atoms with Crippen LogP contribution in [-0.2, 0) is 17.4 Å². The average Bonchev–Trinajstić information content (AvgIpc) is 2.25. The maximum atomic E-state index is 12.7. The molecule has 0 amide bonds. The summed E-state index contributed by atoms with van der Waals surface area (Å²) >= 11 is 0. The topological polar surface area (TPSA) is 59.4 Å². The molecule has 0 aliphatic heterocycles. The van der Waals surface area contributed by atoms with E-state index in [1.807, 2.05) is 0 Å². The Morgan fingerprint density at radius 1 is 1.47 bits per heavy atom. The molecule has 0 aliphatic carbocycles. The van der Waals surface area contributed by atoms with E-state index in [2.05, 4.69) is 9.72 Å². The normalized spacial score (nSPS) is 11.7. The molecule has 106 valence electrons. The van der Waals surface area contributed by atoms with Crippen molar-refractivity contribution < 1.29 is 36.6 Å². The van der Waals surface area contributed by atoms with Gasteiger partial charge in [0, 0.05) is 6.07 Å². The largest absolute Gasteiger partial charge is 0.481 e. The predicted molar refractivity (Wildman–Crippen MR) is 52.1 cm³/mol. The number of methoxy groups -OCH3 is 1. The molecule has 0 unspecified atom stereocenters. The Hall–Kier alpha value is -1.93. The van der Waals surface area contributed by atoms with Gasteiger partial charge < -0.3 is 9.84 Å². The number of carbonyl (C=O) groups is 1. The third kappa shape index (κ3) is 3.52. The quantitative estimate of drug-likeness (QED) is 0.864. The fourth-order valence-corrected chi connectivity index (χ4v) is 1.45. The van der Waals surface area contributed by atoms with Crippen molar-refractivity contribution in [3.8, 4) is 5.88 Å². The first kappa shape index (κ1) is 15.1. The van der Waals surface area contributed by atoms with E-state index >= 15 is 0 Å². The highest BCUT2D eigenvalue weighted by Crippen LogP contribution is 2.38. The third-order valence-corrected chi connectivity index (χ3v) is 2.16. The van der Waals surface area contributed by atoms with Crippen LogP contribution in [-0.4, -0.2) is 23.2 Å². The second-order valence-corrected chi connectivity index (χ2v) is 3.45. The van der Waals surface area contributed by atoms with E-state index in [4.69, 9.17) is 5.11 Å². The number of hydrogen-bond donors (Lipinski definition) is 1. The molecule has 0 atom stereocenters. The van der Waals surface area contributed by atoms with Crippen molar-refractivity contribution in [2.75, 3.05) is 7.11 Å². The van der Waals surface area contributed by atoms with Crippen LogP contribution in [0, 0.1) is 0 Å². The second-order valence-electron chi connectivity index (χ2n) is 3.45. The van der Waals surface area contributed by atoms with Crippen LogP contribution < -0.4 is 4.74 Å². The summed E-state index contributed by atoms with van der Waals surface area (Å²) in [4.78, 5) is 13.4. The number of pyridine rings is 1. The van der Waals surface area contributed by atoms with Gasteiger partial charge in [-0.1, -0.05) is 0 Å². The fourth-order valence-electron chi connectivity index (χ4n) is 1.45. The molecule has 9 heteroatoms. The van der Waals surface area contributed by atoms with Crippen molar-refractivity contribution in [3.63, 3.8) is 0 Å². The van der Waals surface area contributed by atoms with E-state index in [1.54, 1.807) is 0 Å². The van der Waals surface area contributed by atoms with E-state index in [1.165, 1.54) is 0 Å². The molecule has 0 bridgehead atoms. The molecule has 1 rings (SSSR count). The molecular formula is C10H8F5NO3. The summed E-state index contributed by atoms with van der Waals surface area (Å²) in [5.74, 6) is -2.11. The highest BCUT2D eigenvalue weighted by atomic mass is 19.4. The summed E-state index contributed by atoms with van der Waals surface area (Å²) in [5.41, 5.74) is -3.95. The number of halogens is 5. The van der Waals surface area contributed by atoms with Crippen molar-refractivity contribution in [1.82, 2.24) is 4.98 Å². The first-order chi connectivity index (χ1) is 8.66. The van der Waals surface area contributed by atoms with Crippen molar-refractivity contribution in [3.05, 3.63) is 22.9 Å². The van der Waals surface area contributed by atoms with E-state index in [-0.39, 0.29) is 0 Å². The maximum absolute atomic E-state index is 12.7. The minimum atomic E-state index is -5.13. The van der Waals surface area contributed by atoms with Crippen LogP contribution in [0.3, 0.4) is 0 Å². The van der Waals surface area contributed by atoms with Crippen molar-refractivity contribution >= 4 is 5.97 Å². The lowest BCUT2D eigenvalue weighted by Gasteiger charge is -2.16. The summed E-state index contributed by atoms with van der Waals surface area (Å²) in [5, 5.41) is 8.54. The molecule has 4 nitrogen and oxygen atoms in total. The van der Waals surface area contributed by atoms with E-state index in [0.717, 1.165) is 13.2 Å². The first-order valence-electron chi connectivity index (χ1n) is 4.81. The van der Waals surface area contributed by atoms with E-state index < -0.39 is 47.7 Å². The molecule has 1 N–H and O–H groups in total. The Kier molecular flexibility index (Phi) is 4.28. The third-order valence-electron chi connectivity index (χ3n) is 2.16. The lowest BCUT2D eigenvalue weighted by Crippen LogP contribution is -2.17. The highest BCUT2D eigenvalue weighted by Gasteiger charge is 2.40. The molecule has 0 aromatic carbocycles. The average molecular weight is 285 g/mol. The summed E-state index contributed by atoms with van der Waals surface area (Å²) < 4.78 is 67.9. The smallest absolute Gasteiger partial charge is 0.433 e. The van der Waals surface area contributed by atoms with Gasteiger partial charge in [-0.25, -0.2) is 13.8 Å². The number of carboxylic acids is 1. The Morgan fingerprint density at radius 3 is 2.42 bits per heavy atom. The fraction of sp³-hybridized carbons (Fsp3) is 0.400. The number of nitrogens with zero attached hydrogens (tertiary/aromatic N) is 1. The standard InChI is InChI=1S/C10H8F5NO3/c1-19-5-2-4(3-6(17)18)7(9(11)12)8(16-5)10(13,14)15/h2,9H,3H2,1H3,(H,17,18). The monoisotopic (exact) mass is 285 g/mol. The minimum absolute atomic E-state index is 0.576. The van der Waals surface area contributed by atoms with Gasteiger partial charge in [0.05, 0.1) is 19.1 Å². The number of aromatic nitrogens is 1. The Balaban J connectivity index is 3.55. The molecule has 1 heterocycles. The summed E-state index contributed by atoms with van der Waals surface area (Å²) in [6, 6.07) is 0.755. The van der Waals surface area contributed by atoms with Gasteiger partial charge >= 0.3 is 12.1 Å². The molecule has 0 saturated carbocycles. The molecule has 0 aliphatic rings. The van der Waals surface area contributed by atoms with Gasteiger partial charge in [0.2, 0.25) is 5.88 Å². The zero-order valence-electron chi connectivity index (χ0n) is 9.46. The predicted octanol–water partition coefficient (Wildman–Crippen LogP) is 2.67. The van der Waals surface area contributed by atoms with Gasteiger partial charge in [0.15, 0.2) is 5.69 Å². The zero-order chi connectivity index (χ0) is 14.8. The first-order valence-corrected chi connectivity index (χ1v) is 4.81. The van der Waals surface area contributed by atoms with Crippen LogP contribution in [0.25, 0.3) is 0 Å². The Bertz CT molecular complexity index is 487. The van der Waals surface area contributed by atoms with Crippen LogP contribution in [0.1, 0.15) is 23.2 Å². The summed E-state index contributed by atoms with van der Waals surface area (Å²) in [6.45, 7) is 0. The van der Waals surface area contributed by atoms with Gasteiger partial charge in [-0.05, 0) is 5.56 Å². The molecule has 0 radical (unpaired) electrons. The van der Waals surface area contributed by atoms with Gasteiger partial charge in [0.1, 0.15) is 0 Å².